The quantitative estimate of drug-likeness (QED) is 0.336. The molecule has 0 spiro atoms. The molecule has 1 aliphatic rings. The lowest BCUT2D eigenvalue weighted by Crippen LogP contribution is -2.54. The van der Waals surface area contributed by atoms with Crippen LogP contribution in [0.15, 0.2) is 36.7 Å². The third-order valence-corrected chi connectivity index (χ3v) is 7.78. The average Bonchev–Trinajstić information content (AvgIpc) is 3.35. The molecule has 2 atom stereocenters. The minimum absolute atomic E-state index is 0.0166. The van der Waals surface area contributed by atoms with Crippen LogP contribution in [0.2, 0.25) is 0 Å². The fourth-order valence-corrected chi connectivity index (χ4v) is 5.35. The highest BCUT2D eigenvalue weighted by molar-refractivity contribution is 6.05. The summed E-state index contributed by atoms with van der Waals surface area (Å²) in [7, 11) is 3.02. The molecule has 1 fully saturated rings. The highest BCUT2D eigenvalue weighted by Gasteiger charge is 2.33. The molecule has 3 aromatic rings. The van der Waals surface area contributed by atoms with Gasteiger partial charge in [0.2, 0.25) is 0 Å². The number of anilines is 1. The zero-order valence-electron chi connectivity index (χ0n) is 25.9. The number of rotatable bonds is 7. The summed E-state index contributed by atoms with van der Waals surface area (Å²) in [6, 6.07) is 7.94. The van der Waals surface area contributed by atoms with Gasteiger partial charge in [0.25, 0.3) is 11.8 Å². The van der Waals surface area contributed by atoms with Gasteiger partial charge in [-0.05, 0) is 63.4 Å². The largest absolute Gasteiger partial charge is 0.495 e. The van der Waals surface area contributed by atoms with E-state index in [1.54, 1.807) is 24.3 Å². The summed E-state index contributed by atoms with van der Waals surface area (Å²) in [5, 5.41) is 8.79. The first-order valence-corrected chi connectivity index (χ1v) is 14.4. The number of hydrogen-bond acceptors (Lipinski definition) is 6. The number of amides is 2. The Morgan fingerprint density at radius 1 is 1.14 bits per heavy atom. The van der Waals surface area contributed by atoms with Gasteiger partial charge in [-0.25, -0.2) is 4.98 Å². The maximum Gasteiger partial charge on any atom is 0.406 e. The van der Waals surface area contributed by atoms with Crippen molar-refractivity contribution in [3.8, 4) is 17.6 Å². The van der Waals surface area contributed by atoms with Crippen LogP contribution in [0, 0.1) is 17.8 Å². The predicted octanol–water partition coefficient (Wildman–Crippen LogP) is 4.67. The number of likely N-dealkylation sites (tertiary alicyclic amines) is 1. The summed E-state index contributed by atoms with van der Waals surface area (Å²) < 4.78 is 46.4. The normalized spacial score (nSPS) is 17.5. The van der Waals surface area contributed by atoms with E-state index in [-0.39, 0.29) is 46.5 Å². The summed E-state index contributed by atoms with van der Waals surface area (Å²) in [6.45, 7) is 9.15. The second kappa shape index (κ2) is 13.2. The van der Waals surface area contributed by atoms with E-state index in [0.717, 1.165) is 30.4 Å². The van der Waals surface area contributed by atoms with Crippen molar-refractivity contribution in [2.75, 3.05) is 39.1 Å². The van der Waals surface area contributed by atoms with Gasteiger partial charge in [0.1, 0.15) is 17.8 Å². The van der Waals surface area contributed by atoms with Gasteiger partial charge in [-0.2, -0.15) is 13.2 Å². The number of nitrogens with one attached hydrogen (secondary N) is 3. The zero-order chi connectivity index (χ0) is 32.2. The molecule has 9 nitrogen and oxygen atoms in total. The molecule has 1 aliphatic heterocycles. The average molecular weight is 613 g/mol. The van der Waals surface area contributed by atoms with Crippen molar-refractivity contribution >= 4 is 28.5 Å². The molecule has 1 aromatic heterocycles. The first-order chi connectivity index (χ1) is 20.7. The SMILES string of the molecule is CNC(=O)c1ccc(NCC#Cc2cc(C(=O)NC3CCN(C(C)(C)C)CC3C)c3ncn(CC(F)(F)F)c3c2)c(OC)c1. The molecule has 3 N–H and O–H groups in total. The molecule has 2 unspecified atom stereocenters. The molecular weight excluding hydrogens is 573 g/mol. The molecule has 0 bridgehead atoms. The van der Waals surface area contributed by atoms with Crippen molar-refractivity contribution in [1.29, 1.82) is 0 Å². The van der Waals surface area contributed by atoms with Crippen molar-refractivity contribution in [3.63, 3.8) is 0 Å². The van der Waals surface area contributed by atoms with Gasteiger partial charge in [-0.15, -0.1) is 0 Å². The van der Waals surface area contributed by atoms with Gasteiger partial charge >= 0.3 is 6.18 Å². The summed E-state index contributed by atoms with van der Waals surface area (Å²) in [4.78, 5) is 32.1. The van der Waals surface area contributed by atoms with E-state index >= 15 is 0 Å². The van der Waals surface area contributed by atoms with E-state index in [1.165, 1.54) is 20.2 Å². The van der Waals surface area contributed by atoms with E-state index in [0.29, 0.717) is 22.6 Å². The number of carbonyl (C=O) groups is 2. The highest BCUT2D eigenvalue weighted by Crippen LogP contribution is 2.28. The number of ether oxygens (including phenoxy) is 1. The second-order valence-electron chi connectivity index (χ2n) is 12.0. The van der Waals surface area contributed by atoms with Crippen LogP contribution in [0.3, 0.4) is 0 Å². The molecule has 2 heterocycles. The van der Waals surface area contributed by atoms with Crippen LogP contribution in [0.1, 0.15) is 60.4 Å². The first-order valence-electron chi connectivity index (χ1n) is 14.4. The van der Waals surface area contributed by atoms with Crippen molar-refractivity contribution in [1.82, 2.24) is 25.1 Å². The van der Waals surface area contributed by atoms with Crippen molar-refractivity contribution in [2.45, 2.75) is 58.4 Å². The third kappa shape index (κ3) is 7.82. The monoisotopic (exact) mass is 612 g/mol. The van der Waals surface area contributed by atoms with Crippen LogP contribution in [0.25, 0.3) is 11.0 Å². The summed E-state index contributed by atoms with van der Waals surface area (Å²) in [5.74, 6) is 5.92. The Bertz CT molecular complexity index is 1580. The Hall–Kier alpha value is -4.24. The van der Waals surface area contributed by atoms with Crippen molar-refractivity contribution in [3.05, 3.63) is 53.3 Å². The smallest absolute Gasteiger partial charge is 0.406 e. The molecule has 12 heteroatoms. The molecule has 0 saturated carbocycles. The molecule has 2 aromatic carbocycles. The van der Waals surface area contributed by atoms with Crippen LogP contribution in [0.5, 0.6) is 5.75 Å². The van der Waals surface area contributed by atoms with Crippen LogP contribution in [-0.4, -0.2) is 77.8 Å². The Labute approximate surface area is 255 Å². The summed E-state index contributed by atoms with van der Waals surface area (Å²) >= 11 is 0. The number of halogens is 3. The van der Waals surface area contributed by atoms with E-state index < -0.39 is 18.6 Å². The van der Waals surface area contributed by atoms with Gasteiger partial charge in [-0.3, -0.25) is 14.5 Å². The molecule has 1 saturated heterocycles. The molecule has 0 radical (unpaired) electrons. The number of benzene rings is 2. The van der Waals surface area contributed by atoms with Crippen molar-refractivity contribution < 1.29 is 27.5 Å². The number of carbonyl (C=O) groups excluding carboxylic acids is 2. The molecule has 2 amide bonds. The fraction of sp³-hybridized carbons (Fsp3) is 0.469. The lowest BCUT2D eigenvalue weighted by molar-refractivity contribution is -0.139. The fourth-order valence-electron chi connectivity index (χ4n) is 5.35. The maximum atomic E-state index is 13.6. The lowest BCUT2D eigenvalue weighted by Gasteiger charge is -2.44. The summed E-state index contributed by atoms with van der Waals surface area (Å²) in [6.07, 6.45) is -2.61. The lowest BCUT2D eigenvalue weighted by atomic mass is 9.90. The minimum atomic E-state index is -4.47. The Balaban J connectivity index is 1.58. The van der Waals surface area contributed by atoms with Gasteiger partial charge in [0.15, 0.2) is 0 Å². The maximum absolute atomic E-state index is 13.6. The van der Waals surface area contributed by atoms with Crippen LogP contribution in [-0.2, 0) is 6.54 Å². The molecular formula is C32H39F3N6O3. The topological polar surface area (TPSA) is 101 Å². The molecule has 4 rings (SSSR count). The number of alkyl halides is 3. The predicted molar refractivity (Wildman–Crippen MR) is 164 cm³/mol. The standard InChI is InChI=1S/C32H39F3N6O3/c1-20-17-41(31(2,3)4)13-11-24(20)39-30(43)23-14-21(15-26-28(23)38-19-40(26)18-32(33,34)35)8-7-12-37-25-10-9-22(29(42)36-5)16-27(25)44-6/h9-10,14-16,19-20,24,37H,11-13,17-18H2,1-6H3,(H,36,42)(H,39,43). The molecule has 44 heavy (non-hydrogen) atoms. The number of imidazole rings is 1. The number of aromatic nitrogens is 2. The third-order valence-electron chi connectivity index (χ3n) is 7.78. The number of nitrogens with zero attached hydrogens (tertiary/aromatic N) is 3. The number of fused-ring (bicyclic) bond motifs is 1. The Morgan fingerprint density at radius 3 is 2.52 bits per heavy atom. The van der Waals surface area contributed by atoms with E-state index in [9.17, 15) is 22.8 Å². The number of hydrogen-bond donors (Lipinski definition) is 3. The van der Waals surface area contributed by atoms with Crippen LogP contribution >= 0.6 is 0 Å². The highest BCUT2D eigenvalue weighted by atomic mass is 19.4. The van der Waals surface area contributed by atoms with Gasteiger partial charge in [-0.1, -0.05) is 18.8 Å². The van der Waals surface area contributed by atoms with Gasteiger partial charge in [0, 0.05) is 42.8 Å². The van der Waals surface area contributed by atoms with Crippen LogP contribution < -0.4 is 20.7 Å². The van der Waals surface area contributed by atoms with E-state index in [2.05, 4.69) is 65.4 Å². The minimum Gasteiger partial charge on any atom is -0.495 e. The van der Waals surface area contributed by atoms with Gasteiger partial charge < -0.3 is 25.3 Å². The molecule has 0 aliphatic carbocycles. The van der Waals surface area contributed by atoms with E-state index in [4.69, 9.17) is 4.74 Å². The zero-order valence-corrected chi connectivity index (χ0v) is 25.9. The second-order valence-corrected chi connectivity index (χ2v) is 12.0. The first kappa shape index (κ1) is 32.7. The van der Waals surface area contributed by atoms with Crippen LogP contribution in [0.4, 0.5) is 18.9 Å². The Kier molecular flexibility index (Phi) is 9.78. The Morgan fingerprint density at radius 2 is 1.89 bits per heavy atom. The number of methoxy groups -OCH3 is 1. The number of piperidine rings is 1. The molecule has 236 valence electrons. The summed E-state index contributed by atoms with van der Waals surface area (Å²) in [5.41, 5.74) is 1.99. The van der Waals surface area contributed by atoms with Crippen molar-refractivity contribution in [2.24, 2.45) is 5.92 Å². The van der Waals surface area contributed by atoms with Gasteiger partial charge in [0.05, 0.1) is 36.7 Å². The van der Waals surface area contributed by atoms with E-state index in [1.807, 2.05) is 0 Å².